The number of aryl methyl sites for hydroxylation is 1. The lowest BCUT2D eigenvalue weighted by molar-refractivity contribution is -0.130. The predicted octanol–water partition coefficient (Wildman–Crippen LogP) is 2.90. The standard InChI is InChI=1S/C21H26N4O2S/c1-21(2)14-24(12-16(21)15-10-22-23(3)11-15)19(26)8-9-25-17-6-4-5-7-18(17)28-13-20(25)27/h4-7,10-11,16H,8-9,12-14H2,1-3H3. The van der Waals surface area contributed by atoms with Crippen LogP contribution in [0.15, 0.2) is 41.6 Å². The second-order valence-corrected chi connectivity index (χ2v) is 9.33. The van der Waals surface area contributed by atoms with E-state index in [1.165, 1.54) is 5.56 Å². The van der Waals surface area contributed by atoms with Gasteiger partial charge in [-0.15, -0.1) is 11.8 Å². The molecule has 6 nitrogen and oxygen atoms in total. The second-order valence-electron chi connectivity index (χ2n) is 8.31. The number of carbonyl (C=O) groups is 2. The van der Waals surface area contributed by atoms with Crippen LogP contribution < -0.4 is 4.90 Å². The number of rotatable bonds is 4. The lowest BCUT2D eigenvalue weighted by atomic mass is 9.79. The first-order chi connectivity index (χ1) is 13.3. The molecule has 1 fully saturated rings. The van der Waals surface area contributed by atoms with Crippen molar-refractivity contribution in [3.8, 4) is 0 Å². The molecule has 0 bridgehead atoms. The van der Waals surface area contributed by atoms with Crippen molar-refractivity contribution in [1.29, 1.82) is 0 Å². The van der Waals surface area contributed by atoms with Crippen LogP contribution in [0.25, 0.3) is 0 Å². The van der Waals surface area contributed by atoms with Gasteiger partial charge in [-0.05, 0) is 23.1 Å². The monoisotopic (exact) mass is 398 g/mol. The summed E-state index contributed by atoms with van der Waals surface area (Å²) in [5.41, 5.74) is 2.11. The van der Waals surface area contributed by atoms with E-state index < -0.39 is 0 Å². The minimum Gasteiger partial charge on any atom is -0.341 e. The Morgan fingerprint density at radius 1 is 1.32 bits per heavy atom. The smallest absolute Gasteiger partial charge is 0.237 e. The largest absolute Gasteiger partial charge is 0.341 e. The van der Waals surface area contributed by atoms with Gasteiger partial charge in [0.25, 0.3) is 0 Å². The number of benzene rings is 1. The molecule has 0 N–H and O–H groups in total. The number of aromatic nitrogens is 2. The molecule has 2 aliphatic rings. The average Bonchev–Trinajstić information content (AvgIpc) is 3.22. The van der Waals surface area contributed by atoms with Crippen molar-refractivity contribution in [2.45, 2.75) is 31.1 Å². The number of hydrogen-bond acceptors (Lipinski definition) is 4. The first-order valence-electron chi connectivity index (χ1n) is 9.64. The Morgan fingerprint density at radius 3 is 2.86 bits per heavy atom. The van der Waals surface area contributed by atoms with Crippen LogP contribution >= 0.6 is 11.8 Å². The van der Waals surface area contributed by atoms with E-state index in [1.54, 1.807) is 16.7 Å². The maximum Gasteiger partial charge on any atom is 0.237 e. The molecule has 4 rings (SSSR count). The molecule has 1 atom stereocenters. The lowest BCUT2D eigenvalue weighted by Gasteiger charge is -2.29. The number of para-hydroxylation sites is 1. The Kier molecular flexibility index (Phi) is 4.95. The molecule has 2 aromatic rings. The van der Waals surface area contributed by atoms with E-state index in [9.17, 15) is 9.59 Å². The third kappa shape index (κ3) is 3.55. The van der Waals surface area contributed by atoms with Crippen molar-refractivity contribution in [1.82, 2.24) is 14.7 Å². The highest BCUT2D eigenvalue weighted by Gasteiger charge is 2.42. The third-order valence-corrected chi connectivity index (χ3v) is 6.83. The summed E-state index contributed by atoms with van der Waals surface area (Å²) in [6, 6.07) is 7.91. The normalized spacial score (nSPS) is 21.1. The molecule has 1 aromatic carbocycles. The Bertz CT molecular complexity index is 907. The van der Waals surface area contributed by atoms with Gasteiger partial charge in [-0.1, -0.05) is 26.0 Å². The van der Waals surface area contributed by atoms with Crippen LogP contribution in [0.3, 0.4) is 0 Å². The number of fused-ring (bicyclic) bond motifs is 1. The number of nitrogens with zero attached hydrogens (tertiary/aromatic N) is 4. The topological polar surface area (TPSA) is 58.4 Å². The Balaban J connectivity index is 1.43. The maximum absolute atomic E-state index is 12.9. The number of amides is 2. The molecule has 2 aliphatic heterocycles. The van der Waals surface area contributed by atoms with E-state index in [2.05, 4.69) is 18.9 Å². The first kappa shape index (κ1) is 19.1. The van der Waals surface area contributed by atoms with Gasteiger partial charge in [0.15, 0.2) is 0 Å². The van der Waals surface area contributed by atoms with E-state index in [0.717, 1.165) is 17.1 Å². The molecule has 3 heterocycles. The van der Waals surface area contributed by atoms with E-state index in [-0.39, 0.29) is 23.1 Å². The molecule has 28 heavy (non-hydrogen) atoms. The molecule has 0 aliphatic carbocycles. The van der Waals surface area contributed by atoms with Crippen LogP contribution in [0.1, 0.15) is 31.7 Å². The summed E-state index contributed by atoms with van der Waals surface area (Å²) in [6.07, 6.45) is 4.29. The Morgan fingerprint density at radius 2 is 2.11 bits per heavy atom. The zero-order valence-electron chi connectivity index (χ0n) is 16.6. The molecule has 7 heteroatoms. The summed E-state index contributed by atoms with van der Waals surface area (Å²) in [5.74, 6) is 0.902. The number of thioether (sulfide) groups is 1. The molecule has 1 saturated heterocycles. The van der Waals surface area contributed by atoms with Gasteiger partial charge in [0.2, 0.25) is 11.8 Å². The Hall–Kier alpha value is -2.28. The van der Waals surface area contributed by atoms with Crippen molar-refractivity contribution in [2.75, 3.05) is 30.3 Å². The number of carbonyl (C=O) groups excluding carboxylic acids is 2. The van der Waals surface area contributed by atoms with Gasteiger partial charge in [-0.25, -0.2) is 0 Å². The van der Waals surface area contributed by atoms with Gasteiger partial charge in [-0.3, -0.25) is 14.3 Å². The van der Waals surface area contributed by atoms with Gasteiger partial charge in [0, 0.05) is 50.1 Å². The van der Waals surface area contributed by atoms with Crippen molar-refractivity contribution >= 4 is 29.3 Å². The Labute approximate surface area is 169 Å². The number of likely N-dealkylation sites (tertiary alicyclic amines) is 1. The minimum atomic E-state index is 0.00285. The van der Waals surface area contributed by atoms with Crippen molar-refractivity contribution in [2.24, 2.45) is 12.5 Å². The van der Waals surface area contributed by atoms with E-state index >= 15 is 0 Å². The molecule has 1 unspecified atom stereocenters. The van der Waals surface area contributed by atoms with Crippen molar-refractivity contribution < 1.29 is 9.59 Å². The fourth-order valence-electron chi connectivity index (χ4n) is 4.27. The molecular formula is C21H26N4O2S. The van der Waals surface area contributed by atoms with Gasteiger partial charge >= 0.3 is 0 Å². The molecule has 148 valence electrons. The van der Waals surface area contributed by atoms with Gasteiger partial charge < -0.3 is 9.80 Å². The number of hydrogen-bond donors (Lipinski definition) is 0. The highest BCUT2D eigenvalue weighted by Crippen LogP contribution is 2.42. The molecular weight excluding hydrogens is 372 g/mol. The molecule has 0 radical (unpaired) electrons. The van der Waals surface area contributed by atoms with Crippen LogP contribution in [0.5, 0.6) is 0 Å². The molecule has 0 saturated carbocycles. The zero-order valence-corrected chi connectivity index (χ0v) is 17.4. The average molecular weight is 399 g/mol. The highest BCUT2D eigenvalue weighted by atomic mass is 32.2. The molecule has 1 aromatic heterocycles. The van der Waals surface area contributed by atoms with Crippen molar-refractivity contribution in [3.63, 3.8) is 0 Å². The summed E-state index contributed by atoms with van der Waals surface area (Å²) in [4.78, 5) is 30.2. The molecule has 2 amide bonds. The van der Waals surface area contributed by atoms with Gasteiger partial charge in [0.05, 0.1) is 17.6 Å². The highest BCUT2D eigenvalue weighted by molar-refractivity contribution is 8.00. The summed E-state index contributed by atoms with van der Waals surface area (Å²) in [6.45, 7) is 6.28. The molecule has 0 spiro atoms. The lowest BCUT2D eigenvalue weighted by Crippen LogP contribution is -2.39. The van der Waals surface area contributed by atoms with Crippen LogP contribution in [-0.2, 0) is 16.6 Å². The van der Waals surface area contributed by atoms with Crippen LogP contribution in [0.4, 0.5) is 5.69 Å². The van der Waals surface area contributed by atoms with Crippen LogP contribution in [0, 0.1) is 5.41 Å². The maximum atomic E-state index is 12.9. The number of anilines is 1. The first-order valence-corrected chi connectivity index (χ1v) is 10.6. The minimum absolute atomic E-state index is 0.00285. The van der Waals surface area contributed by atoms with Gasteiger partial charge in [-0.2, -0.15) is 5.10 Å². The van der Waals surface area contributed by atoms with Crippen molar-refractivity contribution in [3.05, 3.63) is 42.2 Å². The SMILES string of the molecule is Cn1cc(C2CN(C(=O)CCN3C(=O)CSc4ccccc43)CC2(C)C)cn1. The second kappa shape index (κ2) is 7.28. The third-order valence-electron chi connectivity index (χ3n) is 5.78. The fourth-order valence-corrected chi connectivity index (χ4v) is 5.20. The summed E-state index contributed by atoms with van der Waals surface area (Å²) >= 11 is 1.57. The zero-order chi connectivity index (χ0) is 19.9. The van der Waals surface area contributed by atoms with Gasteiger partial charge in [0.1, 0.15) is 0 Å². The summed E-state index contributed by atoms with van der Waals surface area (Å²) in [7, 11) is 1.92. The summed E-state index contributed by atoms with van der Waals surface area (Å²) < 4.78 is 1.81. The quantitative estimate of drug-likeness (QED) is 0.795. The van der Waals surface area contributed by atoms with Crippen LogP contribution in [-0.4, -0.2) is 51.9 Å². The van der Waals surface area contributed by atoms with E-state index in [1.807, 2.05) is 53.3 Å². The fraction of sp³-hybridized carbons (Fsp3) is 0.476. The predicted molar refractivity (Wildman–Crippen MR) is 110 cm³/mol. The summed E-state index contributed by atoms with van der Waals surface area (Å²) in [5, 5.41) is 4.29. The van der Waals surface area contributed by atoms with E-state index in [0.29, 0.717) is 25.3 Å². The van der Waals surface area contributed by atoms with Crippen LogP contribution in [0.2, 0.25) is 0 Å². The van der Waals surface area contributed by atoms with E-state index in [4.69, 9.17) is 0 Å².